The van der Waals surface area contributed by atoms with Crippen molar-refractivity contribution in [1.82, 2.24) is 15.6 Å². The highest BCUT2D eigenvalue weighted by molar-refractivity contribution is 14.0. The normalized spacial score (nSPS) is 11.7. The molecule has 5 nitrogen and oxygen atoms in total. The molecular weight excluding hydrogens is 516 g/mol. The average Bonchev–Trinajstić information content (AvgIpc) is 3.12. The monoisotopic (exact) mass is 542 g/mol. The average molecular weight is 542 g/mol. The number of benzene rings is 1. The standard InChI is InChI=1S/C19H25F3N4OS.HI/c1-4-23-18(24-9-7-14-6-5-13(2)15(11-14)27-3)25-10-8-17-26-16(12-28-17)19(20,21)22;/h5-6,11-12H,4,7-10H2,1-3H3,(H2,23,24,25);1H. The smallest absolute Gasteiger partial charge is 0.434 e. The molecule has 0 fully saturated rings. The summed E-state index contributed by atoms with van der Waals surface area (Å²) in [5, 5.41) is 7.84. The number of methoxy groups -OCH3 is 1. The number of halogens is 4. The summed E-state index contributed by atoms with van der Waals surface area (Å²) in [6, 6.07) is 6.10. The van der Waals surface area contributed by atoms with E-state index in [-0.39, 0.29) is 24.0 Å². The van der Waals surface area contributed by atoms with Crippen molar-refractivity contribution >= 4 is 41.3 Å². The summed E-state index contributed by atoms with van der Waals surface area (Å²) in [5.74, 6) is 1.49. The molecule has 10 heteroatoms. The van der Waals surface area contributed by atoms with Gasteiger partial charge in [0.15, 0.2) is 11.7 Å². The summed E-state index contributed by atoms with van der Waals surface area (Å²) in [6.45, 7) is 5.68. The van der Waals surface area contributed by atoms with Gasteiger partial charge >= 0.3 is 6.18 Å². The summed E-state index contributed by atoms with van der Waals surface area (Å²) in [4.78, 5) is 8.04. The van der Waals surface area contributed by atoms with E-state index in [0.717, 1.165) is 40.0 Å². The Hall–Kier alpha value is -1.56. The van der Waals surface area contributed by atoms with Crippen LogP contribution in [0.3, 0.4) is 0 Å². The third-order valence-electron chi connectivity index (χ3n) is 3.96. The zero-order valence-electron chi connectivity index (χ0n) is 16.6. The molecule has 1 heterocycles. The summed E-state index contributed by atoms with van der Waals surface area (Å²) < 4.78 is 43.1. The molecule has 0 saturated carbocycles. The first-order chi connectivity index (χ1) is 13.3. The number of aromatic nitrogens is 1. The molecule has 162 valence electrons. The van der Waals surface area contributed by atoms with Crippen molar-refractivity contribution in [2.45, 2.75) is 32.9 Å². The number of hydrogen-bond acceptors (Lipinski definition) is 4. The van der Waals surface area contributed by atoms with E-state index in [2.05, 4.69) is 26.7 Å². The third-order valence-corrected chi connectivity index (χ3v) is 4.87. The van der Waals surface area contributed by atoms with Crippen molar-refractivity contribution in [3.63, 3.8) is 0 Å². The van der Waals surface area contributed by atoms with Gasteiger partial charge < -0.3 is 15.4 Å². The zero-order valence-corrected chi connectivity index (χ0v) is 19.7. The highest BCUT2D eigenvalue weighted by atomic mass is 127. The second-order valence-corrected chi connectivity index (χ2v) is 7.06. The SMILES string of the molecule is CCNC(=NCCc1nc(C(F)(F)F)cs1)NCCc1ccc(C)c(OC)c1.I. The number of alkyl halides is 3. The van der Waals surface area contributed by atoms with Crippen molar-refractivity contribution in [3.05, 3.63) is 45.4 Å². The molecule has 0 saturated heterocycles. The van der Waals surface area contributed by atoms with Crippen molar-refractivity contribution in [3.8, 4) is 5.75 Å². The second-order valence-electron chi connectivity index (χ2n) is 6.12. The molecule has 0 amide bonds. The van der Waals surface area contributed by atoms with E-state index >= 15 is 0 Å². The largest absolute Gasteiger partial charge is 0.496 e. The lowest BCUT2D eigenvalue weighted by atomic mass is 10.1. The predicted octanol–water partition coefficient (Wildman–Crippen LogP) is 4.44. The van der Waals surface area contributed by atoms with Gasteiger partial charge in [-0.1, -0.05) is 12.1 Å². The number of aryl methyl sites for hydroxylation is 1. The van der Waals surface area contributed by atoms with Gasteiger partial charge in [0.05, 0.1) is 12.1 Å². The van der Waals surface area contributed by atoms with E-state index in [4.69, 9.17) is 4.74 Å². The highest BCUT2D eigenvalue weighted by Gasteiger charge is 2.33. The fraction of sp³-hybridized carbons (Fsp3) is 0.474. The molecule has 2 N–H and O–H groups in total. The number of guanidine groups is 1. The third kappa shape index (κ3) is 8.37. The molecule has 0 atom stereocenters. The first-order valence-electron chi connectivity index (χ1n) is 9.00. The number of hydrogen-bond donors (Lipinski definition) is 2. The van der Waals surface area contributed by atoms with Gasteiger partial charge in [0, 0.05) is 31.4 Å². The van der Waals surface area contributed by atoms with Crippen LogP contribution in [-0.4, -0.2) is 37.7 Å². The first kappa shape index (κ1) is 25.5. The predicted molar refractivity (Wildman–Crippen MR) is 122 cm³/mol. The van der Waals surface area contributed by atoms with Crippen LogP contribution in [-0.2, 0) is 19.0 Å². The van der Waals surface area contributed by atoms with Crippen LogP contribution in [0.15, 0.2) is 28.6 Å². The fourth-order valence-corrected chi connectivity index (χ4v) is 3.30. The molecular formula is C19H26F3IN4OS. The van der Waals surface area contributed by atoms with Gasteiger partial charge in [-0.2, -0.15) is 13.2 Å². The minimum atomic E-state index is -4.40. The number of nitrogens with zero attached hydrogens (tertiary/aromatic N) is 2. The van der Waals surface area contributed by atoms with Gasteiger partial charge in [0.1, 0.15) is 5.75 Å². The summed E-state index contributed by atoms with van der Waals surface area (Å²) >= 11 is 1.01. The molecule has 0 aliphatic rings. The molecule has 0 bridgehead atoms. The Morgan fingerprint density at radius 3 is 2.62 bits per heavy atom. The highest BCUT2D eigenvalue weighted by Crippen LogP contribution is 2.30. The van der Waals surface area contributed by atoms with Crippen LogP contribution >= 0.6 is 35.3 Å². The van der Waals surface area contributed by atoms with Crippen molar-refractivity contribution in [2.24, 2.45) is 4.99 Å². The topological polar surface area (TPSA) is 58.5 Å². The number of nitrogens with one attached hydrogen (secondary N) is 2. The van der Waals surface area contributed by atoms with Gasteiger partial charge in [-0.25, -0.2) is 4.98 Å². The Bertz CT molecular complexity index is 796. The van der Waals surface area contributed by atoms with Crippen molar-refractivity contribution < 1.29 is 17.9 Å². The van der Waals surface area contributed by atoms with Gasteiger partial charge in [0.25, 0.3) is 0 Å². The Balaban J connectivity index is 0.00000420. The number of thiazole rings is 1. The molecule has 0 unspecified atom stereocenters. The maximum atomic E-state index is 12.6. The van der Waals surface area contributed by atoms with Crippen LogP contribution in [0.2, 0.25) is 0 Å². The van der Waals surface area contributed by atoms with Gasteiger partial charge in [0.2, 0.25) is 0 Å². The fourth-order valence-electron chi connectivity index (χ4n) is 2.51. The van der Waals surface area contributed by atoms with Gasteiger partial charge in [-0.15, -0.1) is 35.3 Å². The van der Waals surface area contributed by atoms with E-state index in [0.29, 0.717) is 37.0 Å². The van der Waals surface area contributed by atoms with Crippen LogP contribution < -0.4 is 15.4 Å². The Morgan fingerprint density at radius 1 is 1.24 bits per heavy atom. The summed E-state index contributed by atoms with van der Waals surface area (Å²) in [7, 11) is 1.65. The van der Waals surface area contributed by atoms with Crippen LogP contribution in [0.25, 0.3) is 0 Å². The molecule has 2 aromatic rings. The molecule has 0 aliphatic carbocycles. The Labute approximate surface area is 190 Å². The van der Waals surface area contributed by atoms with E-state index in [1.54, 1.807) is 7.11 Å². The Kier molecular flexibility index (Phi) is 10.7. The molecule has 1 aromatic carbocycles. The van der Waals surface area contributed by atoms with Crippen molar-refractivity contribution in [1.29, 1.82) is 0 Å². The molecule has 0 aliphatic heterocycles. The number of rotatable bonds is 8. The van der Waals surface area contributed by atoms with E-state index in [1.165, 1.54) is 0 Å². The van der Waals surface area contributed by atoms with Gasteiger partial charge in [-0.3, -0.25) is 4.99 Å². The second kappa shape index (κ2) is 12.2. The quantitative estimate of drug-likeness (QED) is 0.295. The number of ether oxygens (including phenoxy) is 1. The summed E-state index contributed by atoms with van der Waals surface area (Å²) in [6.07, 6.45) is -3.23. The van der Waals surface area contributed by atoms with Crippen LogP contribution in [0.5, 0.6) is 5.75 Å². The van der Waals surface area contributed by atoms with E-state index in [1.807, 2.05) is 26.0 Å². The molecule has 0 spiro atoms. The molecule has 1 aromatic heterocycles. The Morgan fingerprint density at radius 2 is 2.00 bits per heavy atom. The first-order valence-corrected chi connectivity index (χ1v) is 9.88. The van der Waals surface area contributed by atoms with E-state index < -0.39 is 11.9 Å². The van der Waals surface area contributed by atoms with Crippen molar-refractivity contribution in [2.75, 3.05) is 26.7 Å². The molecule has 0 radical (unpaired) electrons. The maximum absolute atomic E-state index is 12.6. The summed E-state index contributed by atoms with van der Waals surface area (Å²) in [5.41, 5.74) is 1.40. The zero-order chi connectivity index (χ0) is 20.6. The minimum absolute atomic E-state index is 0. The molecule has 29 heavy (non-hydrogen) atoms. The lowest BCUT2D eigenvalue weighted by molar-refractivity contribution is -0.140. The number of aliphatic imine (C=N–C) groups is 1. The lowest BCUT2D eigenvalue weighted by Crippen LogP contribution is -2.38. The van der Waals surface area contributed by atoms with E-state index in [9.17, 15) is 13.2 Å². The van der Waals surface area contributed by atoms with Crippen LogP contribution in [0, 0.1) is 6.92 Å². The van der Waals surface area contributed by atoms with Crippen LogP contribution in [0.1, 0.15) is 28.8 Å². The lowest BCUT2D eigenvalue weighted by Gasteiger charge is -2.12. The van der Waals surface area contributed by atoms with Gasteiger partial charge in [-0.05, 0) is 37.5 Å². The van der Waals surface area contributed by atoms with Crippen LogP contribution in [0.4, 0.5) is 13.2 Å². The maximum Gasteiger partial charge on any atom is 0.434 e. The molecule has 2 rings (SSSR count). The minimum Gasteiger partial charge on any atom is -0.496 e.